The molecule has 0 bridgehead atoms. The Balaban J connectivity index is 1.42. The summed E-state index contributed by atoms with van der Waals surface area (Å²) >= 11 is 0. The second-order valence-electron chi connectivity index (χ2n) is 9.40. The number of carbonyl (C=O) groups is 2. The number of hydrogen-bond acceptors (Lipinski definition) is 2. The molecule has 0 aromatic heterocycles. The molecule has 0 N–H and O–H groups in total. The average Bonchev–Trinajstić information content (AvgIpc) is 2.69. The fourth-order valence-corrected chi connectivity index (χ4v) is 5.52. The van der Waals surface area contributed by atoms with E-state index in [4.69, 9.17) is 0 Å². The van der Waals surface area contributed by atoms with Crippen LogP contribution in [0.3, 0.4) is 0 Å². The molecule has 2 saturated carbocycles. The third-order valence-corrected chi connectivity index (χ3v) is 7.27. The van der Waals surface area contributed by atoms with Crippen LogP contribution in [-0.4, -0.2) is 11.6 Å². The molecule has 0 saturated heterocycles. The van der Waals surface area contributed by atoms with E-state index in [-0.39, 0.29) is 11.8 Å². The summed E-state index contributed by atoms with van der Waals surface area (Å²) in [5, 5.41) is 0. The van der Waals surface area contributed by atoms with Gasteiger partial charge in [-0.1, -0.05) is 82.2 Å². The van der Waals surface area contributed by atoms with Gasteiger partial charge in [0.15, 0.2) is 0 Å². The Labute approximate surface area is 171 Å². The molecule has 2 aliphatic rings. The first-order valence-corrected chi connectivity index (χ1v) is 11.7. The maximum Gasteiger partial charge on any atom is 0.136 e. The second kappa shape index (κ2) is 10.9. The zero-order valence-electron chi connectivity index (χ0n) is 17.7. The standard InChI is InChI=1S/C26H38O2/c1-20(18-21-10-3-2-4-11-21)25(27)16-9-17-26(28)24-15-8-6-13-22-12-5-7-14-23(22)19-24/h2-4,10-11,20,22-24H,5-9,12-19H2,1H3. The van der Waals surface area contributed by atoms with Gasteiger partial charge in [-0.2, -0.15) is 0 Å². The van der Waals surface area contributed by atoms with Crippen LogP contribution in [0.1, 0.15) is 89.5 Å². The van der Waals surface area contributed by atoms with Crippen LogP contribution < -0.4 is 0 Å². The van der Waals surface area contributed by atoms with Gasteiger partial charge < -0.3 is 0 Å². The fraction of sp³-hybridized carbons (Fsp3) is 0.692. The fourth-order valence-electron chi connectivity index (χ4n) is 5.52. The lowest BCUT2D eigenvalue weighted by Crippen LogP contribution is -2.27. The molecule has 0 heterocycles. The molecule has 28 heavy (non-hydrogen) atoms. The Bertz CT molecular complexity index is 621. The highest BCUT2D eigenvalue weighted by Gasteiger charge is 2.31. The Morgan fingerprint density at radius 2 is 1.54 bits per heavy atom. The number of rotatable bonds is 8. The van der Waals surface area contributed by atoms with Crippen LogP contribution in [0.25, 0.3) is 0 Å². The SMILES string of the molecule is CC(Cc1ccccc1)C(=O)CCCC(=O)C1CCCCC2CCCCC2C1. The summed E-state index contributed by atoms with van der Waals surface area (Å²) < 4.78 is 0. The van der Waals surface area contributed by atoms with Crippen molar-refractivity contribution in [1.29, 1.82) is 0 Å². The predicted molar refractivity (Wildman–Crippen MR) is 115 cm³/mol. The highest BCUT2D eigenvalue weighted by Crippen LogP contribution is 2.40. The number of ketones is 2. The maximum absolute atomic E-state index is 12.9. The highest BCUT2D eigenvalue weighted by atomic mass is 16.1. The topological polar surface area (TPSA) is 34.1 Å². The van der Waals surface area contributed by atoms with E-state index >= 15 is 0 Å². The molecule has 2 fully saturated rings. The van der Waals surface area contributed by atoms with Gasteiger partial charge in [0.2, 0.25) is 0 Å². The average molecular weight is 383 g/mol. The Hall–Kier alpha value is -1.44. The van der Waals surface area contributed by atoms with Gasteiger partial charge in [-0.3, -0.25) is 9.59 Å². The Morgan fingerprint density at radius 3 is 2.25 bits per heavy atom. The predicted octanol–water partition coefficient (Wildman–Crippen LogP) is 6.56. The van der Waals surface area contributed by atoms with Crippen LogP contribution in [0, 0.1) is 23.7 Å². The normalized spacial score (nSPS) is 26.5. The van der Waals surface area contributed by atoms with Crippen molar-refractivity contribution >= 4 is 11.6 Å². The lowest BCUT2D eigenvalue weighted by atomic mass is 9.69. The molecule has 154 valence electrons. The van der Waals surface area contributed by atoms with Crippen molar-refractivity contribution in [2.45, 2.75) is 90.4 Å². The van der Waals surface area contributed by atoms with Gasteiger partial charge in [0.1, 0.15) is 11.6 Å². The number of Topliss-reactive ketones (excluding diaryl/α,β-unsaturated/α-hetero) is 2. The largest absolute Gasteiger partial charge is 0.299 e. The zero-order valence-corrected chi connectivity index (χ0v) is 17.7. The minimum Gasteiger partial charge on any atom is -0.299 e. The number of fused-ring (bicyclic) bond motifs is 1. The van der Waals surface area contributed by atoms with Crippen molar-refractivity contribution in [3.63, 3.8) is 0 Å². The van der Waals surface area contributed by atoms with E-state index in [1.807, 2.05) is 25.1 Å². The summed E-state index contributed by atoms with van der Waals surface area (Å²) in [4.78, 5) is 25.4. The van der Waals surface area contributed by atoms with E-state index in [9.17, 15) is 9.59 Å². The first-order valence-electron chi connectivity index (χ1n) is 11.7. The summed E-state index contributed by atoms with van der Waals surface area (Å²) in [6.07, 6.45) is 14.3. The second-order valence-corrected chi connectivity index (χ2v) is 9.40. The Morgan fingerprint density at radius 1 is 0.893 bits per heavy atom. The van der Waals surface area contributed by atoms with E-state index in [1.54, 1.807) is 0 Å². The van der Waals surface area contributed by atoms with Crippen LogP contribution in [0.4, 0.5) is 0 Å². The van der Waals surface area contributed by atoms with Crippen molar-refractivity contribution in [3.8, 4) is 0 Å². The van der Waals surface area contributed by atoms with Crippen LogP contribution in [0.15, 0.2) is 30.3 Å². The van der Waals surface area contributed by atoms with Gasteiger partial charge in [0.05, 0.1) is 0 Å². The number of carbonyl (C=O) groups excluding carboxylic acids is 2. The lowest BCUT2D eigenvalue weighted by Gasteiger charge is -2.36. The van der Waals surface area contributed by atoms with Crippen molar-refractivity contribution in [3.05, 3.63) is 35.9 Å². The van der Waals surface area contributed by atoms with Crippen LogP contribution in [0.5, 0.6) is 0 Å². The molecule has 2 nitrogen and oxygen atoms in total. The lowest BCUT2D eigenvalue weighted by molar-refractivity contribution is -0.125. The summed E-state index contributed by atoms with van der Waals surface area (Å²) in [7, 11) is 0. The summed E-state index contributed by atoms with van der Waals surface area (Å²) in [5.74, 6) is 2.72. The molecule has 3 rings (SSSR count). The van der Waals surface area contributed by atoms with E-state index in [2.05, 4.69) is 12.1 Å². The molecule has 1 aromatic rings. The minimum atomic E-state index is 0.0434. The van der Waals surface area contributed by atoms with Crippen molar-refractivity contribution < 1.29 is 9.59 Å². The minimum absolute atomic E-state index is 0.0434. The summed E-state index contributed by atoms with van der Waals surface area (Å²) in [6, 6.07) is 10.2. The third kappa shape index (κ3) is 6.29. The van der Waals surface area contributed by atoms with Gasteiger partial charge in [0.25, 0.3) is 0 Å². The smallest absolute Gasteiger partial charge is 0.136 e. The molecule has 0 aliphatic heterocycles. The third-order valence-electron chi connectivity index (χ3n) is 7.27. The molecule has 4 atom stereocenters. The van der Waals surface area contributed by atoms with Crippen molar-refractivity contribution in [2.24, 2.45) is 23.7 Å². The van der Waals surface area contributed by atoms with E-state index in [0.717, 1.165) is 37.5 Å². The molecule has 0 radical (unpaired) electrons. The first-order chi connectivity index (χ1) is 13.6. The quantitative estimate of drug-likeness (QED) is 0.510. The van der Waals surface area contributed by atoms with Gasteiger partial charge >= 0.3 is 0 Å². The summed E-state index contributed by atoms with van der Waals surface area (Å²) in [5.41, 5.74) is 1.22. The van der Waals surface area contributed by atoms with Crippen LogP contribution in [0.2, 0.25) is 0 Å². The van der Waals surface area contributed by atoms with E-state index in [1.165, 1.54) is 50.5 Å². The van der Waals surface area contributed by atoms with Crippen LogP contribution >= 0.6 is 0 Å². The first kappa shape index (κ1) is 21.3. The van der Waals surface area contributed by atoms with Crippen molar-refractivity contribution in [1.82, 2.24) is 0 Å². The molecule has 2 aliphatic carbocycles. The maximum atomic E-state index is 12.9. The molecule has 0 spiro atoms. The van der Waals surface area contributed by atoms with Crippen molar-refractivity contribution in [2.75, 3.05) is 0 Å². The molecule has 2 heteroatoms. The number of hydrogen-bond donors (Lipinski definition) is 0. The van der Waals surface area contributed by atoms with Gasteiger partial charge in [-0.25, -0.2) is 0 Å². The highest BCUT2D eigenvalue weighted by molar-refractivity contribution is 5.83. The molecular weight excluding hydrogens is 344 g/mol. The van der Waals surface area contributed by atoms with E-state index < -0.39 is 0 Å². The monoisotopic (exact) mass is 382 g/mol. The van der Waals surface area contributed by atoms with Gasteiger partial charge in [-0.05, 0) is 43.1 Å². The van der Waals surface area contributed by atoms with E-state index in [0.29, 0.717) is 24.4 Å². The summed E-state index contributed by atoms with van der Waals surface area (Å²) in [6.45, 7) is 2.02. The molecule has 0 amide bonds. The van der Waals surface area contributed by atoms with Crippen LogP contribution in [-0.2, 0) is 16.0 Å². The Kier molecular flexibility index (Phi) is 8.30. The zero-order chi connectivity index (χ0) is 19.8. The molecule has 1 aromatic carbocycles. The molecule has 4 unspecified atom stereocenters. The number of benzene rings is 1. The van der Waals surface area contributed by atoms with Gasteiger partial charge in [-0.15, -0.1) is 0 Å². The van der Waals surface area contributed by atoms with Gasteiger partial charge in [0, 0.05) is 24.7 Å². The molecular formula is C26H38O2.